The average molecular weight is 298 g/mol. The topological polar surface area (TPSA) is 55.1 Å². The minimum Gasteiger partial charge on any atom is -0.348 e. The van der Waals surface area contributed by atoms with Gasteiger partial charge < -0.3 is 11.1 Å². The van der Waals surface area contributed by atoms with Crippen molar-refractivity contribution in [3.05, 3.63) is 48.0 Å². The summed E-state index contributed by atoms with van der Waals surface area (Å²) in [4.78, 5) is 12.2. The second kappa shape index (κ2) is 7.41. The third-order valence-electron chi connectivity index (χ3n) is 4.39. The molecule has 1 amide bonds. The molecule has 0 saturated carbocycles. The summed E-state index contributed by atoms with van der Waals surface area (Å²) in [5, 5.41) is 5.44. The van der Waals surface area contributed by atoms with Crippen molar-refractivity contribution in [3.8, 4) is 0 Å². The van der Waals surface area contributed by atoms with E-state index >= 15 is 0 Å². The molecule has 2 rings (SSSR count). The summed E-state index contributed by atoms with van der Waals surface area (Å²) in [6, 6.07) is 14.3. The van der Waals surface area contributed by atoms with Gasteiger partial charge in [-0.05, 0) is 34.2 Å². The molecule has 0 heterocycles. The van der Waals surface area contributed by atoms with Crippen molar-refractivity contribution in [1.29, 1.82) is 0 Å². The zero-order chi connectivity index (χ0) is 16.1. The third-order valence-corrected chi connectivity index (χ3v) is 4.39. The number of rotatable bonds is 6. The van der Waals surface area contributed by atoms with Crippen LogP contribution in [-0.2, 0) is 4.79 Å². The molecule has 0 saturated heterocycles. The van der Waals surface area contributed by atoms with Gasteiger partial charge in [0.15, 0.2) is 0 Å². The monoisotopic (exact) mass is 298 g/mol. The Balaban J connectivity index is 2.11. The van der Waals surface area contributed by atoms with Gasteiger partial charge in [0.1, 0.15) is 0 Å². The highest BCUT2D eigenvalue weighted by Crippen LogP contribution is 2.21. The molecule has 3 nitrogen and oxygen atoms in total. The van der Waals surface area contributed by atoms with E-state index in [1.165, 1.54) is 10.8 Å². The Labute approximate surface area is 132 Å². The minimum atomic E-state index is -0.128. The number of nitrogens with one attached hydrogen (secondary N) is 1. The molecule has 0 spiro atoms. The Morgan fingerprint density at radius 1 is 1.09 bits per heavy atom. The summed E-state index contributed by atoms with van der Waals surface area (Å²) in [5.41, 5.74) is 6.93. The molecule has 0 aromatic heterocycles. The molecule has 3 N–H and O–H groups in total. The first-order valence-corrected chi connectivity index (χ1v) is 7.99. The van der Waals surface area contributed by atoms with Gasteiger partial charge in [-0.3, -0.25) is 4.79 Å². The Morgan fingerprint density at radius 3 is 2.41 bits per heavy atom. The van der Waals surface area contributed by atoms with Crippen LogP contribution in [0.5, 0.6) is 0 Å². The summed E-state index contributed by atoms with van der Waals surface area (Å²) in [7, 11) is 0. The second-order valence-corrected chi connectivity index (χ2v) is 6.39. The highest BCUT2D eigenvalue weighted by molar-refractivity contribution is 5.83. The van der Waals surface area contributed by atoms with Gasteiger partial charge in [-0.25, -0.2) is 0 Å². The number of amides is 1. The van der Waals surface area contributed by atoms with E-state index in [1.54, 1.807) is 0 Å². The number of fused-ring (bicyclic) bond motifs is 1. The molecular weight excluding hydrogens is 272 g/mol. The summed E-state index contributed by atoms with van der Waals surface area (Å²) in [6.45, 7) is 6.79. The molecule has 3 heteroatoms. The summed E-state index contributed by atoms with van der Waals surface area (Å²) in [5.74, 6) is 0.947. The second-order valence-electron chi connectivity index (χ2n) is 6.39. The third kappa shape index (κ3) is 4.08. The van der Waals surface area contributed by atoms with Gasteiger partial charge in [-0.1, -0.05) is 57.2 Å². The van der Waals surface area contributed by atoms with Crippen molar-refractivity contribution in [2.24, 2.45) is 17.6 Å². The van der Waals surface area contributed by atoms with E-state index in [2.05, 4.69) is 50.4 Å². The van der Waals surface area contributed by atoms with Crippen molar-refractivity contribution in [1.82, 2.24) is 5.32 Å². The van der Waals surface area contributed by atoms with Crippen molar-refractivity contribution in [3.63, 3.8) is 0 Å². The van der Waals surface area contributed by atoms with Gasteiger partial charge in [0.2, 0.25) is 5.91 Å². The van der Waals surface area contributed by atoms with Crippen LogP contribution >= 0.6 is 0 Å². The fourth-order valence-electron chi connectivity index (χ4n) is 2.48. The molecule has 0 aliphatic carbocycles. The molecule has 0 aliphatic rings. The molecule has 0 aliphatic heterocycles. The molecular formula is C19H26N2O. The fourth-order valence-corrected chi connectivity index (χ4v) is 2.48. The SMILES string of the molecule is CC(C)C(C)CC(=O)NC(CN)c1ccc2ccccc2c1. The van der Waals surface area contributed by atoms with Crippen LogP contribution in [0.4, 0.5) is 0 Å². The van der Waals surface area contributed by atoms with Gasteiger partial charge >= 0.3 is 0 Å². The molecule has 2 aromatic rings. The molecule has 2 unspecified atom stereocenters. The number of benzene rings is 2. The van der Waals surface area contributed by atoms with Crippen molar-refractivity contribution in [2.45, 2.75) is 33.2 Å². The lowest BCUT2D eigenvalue weighted by Crippen LogP contribution is -2.34. The van der Waals surface area contributed by atoms with E-state index in [0.29, 0.717) is 24.8 Å². The molecule has 22 heavy (non-hydrogen) atoms. The molecule has 0 fully saturated rings. The zero-order valence-electron chi connectivity index (χ0n) is 13.7. The van der Waals surface area contributed by atoms with Gasteiger partial charge in [-0.15, -0.1) is 0 Å². The van der Waals surface area contributed by atoms with Crippen LogP contribution in [0.2, 0.25) is 0 Å². The minimum absolute atomic E-state index is 0.0739. The lowest BCUT2D eigenvalue weighted by atomic mass is 9.94. The van der Waals surface area contributed by atoms with E-state index in [-0.39, 0.29) is 11.9 Å². The Hall–Kier alpha value is -1.87. The van der Waals surface area contributed by atoms with Crippen molar-refractivity contribution < 1.29 is 4.79 Å². The van der Waals surface area contributed by atoms with E-state index in [0.717, 1.165) is 5.56 Å². The quantitative estimate of drug-likeness (QED) is 0.855. The van der Waals surface area contributed by atoms with E-state index < -0.39 is 0 Å². The van der Waals surface area contributed by atoms with Crippen LogP contribution < -0.4 is 11.1 Å². The number of hydrogen-bond donors (Lipinski definition) is 2. The summed E-state index contributed by atoms with van der Waals surface area (Å²) >= 11 is 0. The number of nitrogens with two attached hydrogens (primary N) is 1. The largest absolute Gasteiger partial charge is 0.348 e. The van der Waals surface area contributed by atoms with Crippen LogP contribution in [0.25, 0.3) is 10.8 Å². The van der Waals surface area contributed by atoms with Crippen molar-refractivity contribution in [2.75, 3.05) is 6.54 Å². The van der Waals surface area contributed by atoms with Gasteiger partial charge in [-0.2, -0.15) is 0 Å². The van der Waals surface area contributed by atoms with Gasteiger partial charge in [0, 0.05) is 13.0 Å². The first kappa shape index (κ1) is 16.5. The Kier molecular flexibility index (Phi) is 5.56. The smallest absolute Gasteiger partial charge is 0.220 e. The molecule has 0 radical (unpaired) electrons. The summed E-state index contributed by atoms with van der Waals surface area (Å²) in [6.07, 6.45) is 0.543. The fraction of sp³-hybridized carbons (Fsp3) is 0.421. The first-order chi connectivity index (χ1) is 10.5. The molecule has 2 atom stereocenters. The zero-order valence-corrected chi connectivity index (χ0v) is 13.7. The van der Waals surface area contributed by atoms with E-state index in [9.17, 15) is 4.79 Å². The number of carbonyl (C=O) groups excluding carboxylic acids is 1. The van der Waals surface area contributed by atoms with Gasteiger partial charge in [0.05, 0.1) is 6.04 Å². The Morgan fingerprint density at radius 2 is 1.77 bits per heavy atom. The predicted molar refractivity (Wildman–Crippen MR) is 92.5 cm³/mol. The maximum Gasteiger partial charge on any atom is 0.220 e. The van der Waals surface area contributed by atoms with Crippen LogP contribution in [-0.4, -0.2) is 12.5 Å². The van der Waals surface area contributed by atoms with E-state index in [1.807, 2.05) is 18.2 Å². The number of carbonyl (C=O) groups is 1. The van der Waals surface area contributed by atoms with Crippen LogP contribution in [0.15, 0.2) is 42.5 Å². The summed E-state index contributed by atoms with van der Waals surface area (Å²) < 4.78 is 0. The van der Waals surface area contributed by atoms with E-state index in [4.69, 9.17) is 5.73 Å². The van der Waals surface area contributed by atoms with Crippen LogP contribution in [0.3, 0.4) is 0 Å². The predicted octanol–water partition coefficient (Wildman–Crippen LogP) is 3.64. The van der Waals surface area contributed by atoms with Crippen LogP contribution in [0.1, 0.15) is 38.8 Å². The number of hydrogen-bond acceptors (Lipinski definition) is 2. The maximum absolute atomic E-state index is 12.2. The lowest BCUT2D eigenvalue weighted by Gasteiger charge is -2.20. The average Bonchev–Trinajstić information content (AvgIpc) is 2.52. The molecule has 118 valence electrons. The lowest BCUT2D eigenvalue weighted by molar-refractivity contribution is -0.122. The Bertz CT molecular complexity index is 636. The standard InChI is InChI=1S/C19H26N2O/c1-13(2)14(3)10-19(22)21-18(12-20)17-9-8-15-6-4-5-7-16(15)11-17/h4-9,11,13-14,18H,10,12,20H2,1-3H3,(H,21,22). The molecule has 2 aromatic carbocycles. The normalized spacial score (nSPS) is 14.0. The molecule has 0 bridgehead atoms. The highest BCUT2D eigenvalue weighted by atomic mass is 16.1. The highest BCUT2D eigenvalue weighted by Gasteiger charge is 2.17. The first-order valence-electron chi connectivity index (χ1n) is 7.99. The van der Waals surface area contributed by atoms with Crippen LogP contribution in [0, 0.1) is 11.8 Å². The maximum atomic E-state index is 12.2. The van der Waals surface area contributed by atoms with Gasteiger partial charge in [0.25, 0.3) is 0 Å². The van der Waals surface area contributed by atoms with Crippen molar-refractivity contribution >= 4 is 16.7 Å².